The first-order valence-electron chi connectivity index (χ1n) is 4.68. The molecule has 0 N–H and O–H groups in total. The summed E-state index contributed by atoms with van der Waals surface area (Å²) in [6.45, 7) is 2.45. The van der Waals surface area contributed by atoms with Gasteiger partial charge in [0, 0.05) is 18.8 Å². The highest BCUT2D eigenvalue weighted by atomic mass is 15.1. The summed E-state index contributed by atoms with van der Waals surface area (Å²) in [6, 6.07) is 11.3. The minimum absolute atomic E-state index is 1.23. The van der Waals surface area contributed by atoms with Gasteiger partial charge in [0.25, 0.3) is 0 Å². The van der Waals surface area contributed by atoms with E-state index < -0.39 is 0 Å². The Morgan fingerprint density at radius 3 is 2.33 bits per heavy atom. The lowest BCUT2D eigenvalue weighted by Crippen LogP contribution is -2.29. The van der Waals surface area contributed by atoms with Gasteiger partial charge in [-0.1, -0.05) is 12.1 Å². The number of nitrogens with zero attached hydrogens (tertiary/aromatic N) is 1. The Hall–Kier alpha value is -0.980. The van der Waals surface area contributed by atoms with Crippen LogP contribution in [0.2, 0.25) is 0 Å². The van der Waals surface area contributed by atoms with Crippen molar-refractivity contribution in [3.8, 4) is 0 Å². The summed E-state index contributed by atoms with van der Waals surface area (Å²) in [6.07, 6.45) is 4.09. The van der Waals surface area contributed by atoms with Gasteiger partial charge in [-0.05, 0) is 37.5 Å². The minimum atomic E-state index is 1.23. The molecule has 0 amide bonds. The highest BCUT2D eigenvalue weighted by Crippen LogP contribution is 2.18. The summed E-state index contributed by atoms with van der Waals surface area (Å²) in [5.74, 6) is 0. The second kappa shape index (κ2) is 3.61. The number of hydrogen-bond acceptors (Lipinski definition) is 1. The van der Waals surface area contributed by atoms with Crippen LogP contribution in [0, 0.1) is 6.07 Å². The molecule has 0 atom stereocenters. The van der Waals surface area contributed by atoms with E-state index in [-0.39, 0.29) is 0 Å². The van der Waals surface area contributed by atoms with Crippen LogP contribution in [0.1, 0.15) is 19.3 Å². The molecule has 1 nitrogen and oxygen atoms in total. The summed E-state index contributed by atoms with van der Waals surface area (Å²) in [5.41, 5.74) is 1.36. The third kappa shape index (κ3) is 1.60. The zero-order valence-corrected chi connectivity index (χ0v) is 7.29. The Kier molecular flexibility index (Phi) is 2.31. The maximum absolute atomic E-state index is 3.05. The first-order valence-corrected chi connectivity index (χ1v) is 4.68. The molecule has 1 radical (unpaired) electrons. The largest absolute Gasteiger partial charge is 0.372 e. The molecule has 1 aromatic rings. The van der Waals surface area contributed by atoms with Gasteiger partial charge in [-0.15, -0.1) is 0 Å². The Bertz CT molecular complexity index is 224. The molecule has 1 saturated heterocycles. The Labute approximate surface area is 74.0 Å². The van der Waals surface area contributed by atoms with Crippen LogP contribution in [0.5, 0.6) is 0 Å². The smallest absolute Gasteiger partial charge is 0.0366 e. The summed E-state index contributed by atoms with van der Waals surface area (Å²) < 4.78 is 0. The van der Waals surface area contributed by atoms with Crippen molar-refractivity contribution in [2.24, 2.45) is 0 Å². The first-order chi connectivity index (χ1) is 5.97. The van der Waals surface area contributed by atoms with Crippen molar-refractivity contribution in [1.82, 2.24) is 0 Å². The highest BCUT2D eigenvalue weighted by Gasteiger charge is 2.09. The lowest BCUT2D eigenvalue weighted by atomic mass is 10.1. The van der Waals surface area contributed by atoms with Crippen molar-refractivity contribution in [3.63, 3.8) is 0 Å². The van der Waals surface area contributed by atoms with E-state index in [1.54, 1.807) is 0 Å². The molecule has 1 heterocycles. The van der Waals surface area contributed by atoms with Crippen molar-refractivity contribution in [1.29, 1.82) is 0 Å². The van der Waals surface area contributed by atoms with Crippen molar-refractivity contribution in [3.05, 3.63) is 30.3 Å². The van der Waals surface area contributed by atoms with E-state index in [4.69, 9.17) is 0 Å². The monoisotopic (exact) mass is 160 g/mol. The number of hydrogen-bond donors (Lipinski definition) is 0. The summed E-state index contributed by atoms with van der Waals surface area (Å²) >= 11 is 0. The predicted molar refractivity (Wildman–Crippen MR) is 51.3 cm³/mol. The van der Waals surface area contributed by atoms with Crippen LogP contribution in [0.15, 0.2) is 24.3 Å². The fraction of sp³-hybridized carbons (Fsp3) is 0.455. The molecule has 12 heavy (non-hydrogen) atoms. The van der Waals surface area contributed by atoms with Crippen LogP contribution < -0.4 is 4.90 Å². The van der Waals surface area contributed by atoms with E-state index in [0.717, 1.165) is 0 Å². The van der Waals surface area contributed by atoms with E-state index in [1.807, 2.05) is 12.1 Å². The quantitative estimate of drug-likeness (QED) is 0.610. The molecule has 1 heteroatoms. The van der Waals surface area contributed by atoms with Crippen molar-refractivity contribution < 1.29 is 0 Å². The topological polar surface area (TPSA) is 3.24 Å². The second-order valence-electron chi connectivity index (χ2n) is 3.31. The molecule has 0 spiro atoms. The highest BCUT2D eigenvalue weighted by molar-refractivity contribution is 5.45. The fourth-order valence-electron chi connectivity index (χ4n) is 1.74. The van der Waals surface area contributed by atoms with Gasteiger partial charge < -0.3 is 4.90 Å². The molecule has 0 aliphatic carbocycles. The van der Waals surface area contributed by atoms with Crippen LogP contribution in [0.25, 0.3) is 0 Å². The van der Waals surface area contributed by atoms with Gasteiger partial charge in [0.1, 0.15) is 0 Å². The molecule has 1 fully saturated rings. The molecule has 1 aromatic carbocycles. The van der Waals surface area contributed by atoms with E-state index in [2.05, 4.69) is 23.1 Å². The summed E-state index contributed by atoms with van der Waals surface area (Å²) in [4.78, 5) is 2.46. The molecule has 0 unspecified atom stereocenters. The summed E-state index contributed by atoms with van der Waals surface area (Å²) in [5, 5.41) is 0. The number of anilines is 1. The minimum Gasteiger partial charge on any atom is -0.372 e. The number of piperidine rings is 1. The van der Waals surface area contributed by atoms with Gasteiger partial charge in [-0.25, -0.2) is 0 Å². The Morgan fingerprint density at radius 2 is 1.67 bits per heavy atom. The standard InChI is InChI=1S/C11H14N/c1-3-7-11(8-4-1)12-9-5-2-6-10-12/h3-4,7-8H,2,5-6,9-10H2. The normalized spacial score (nSPS) is 17.8. The maximum atomic E-state index is 3.05. The zero-order chi connectivity index (χ0) is 8.23. The molecular weight excluding hydrogens is 146 g/mol. The molecule has 1 aliphatic heterocycles. The first kappa shape index (κ1) is 7.66. The van der Waals surface area contributed by atoms with Gasteiger partial charge in [-0.2, -0.15) is 0 Å². The molecule has 0 aromatic heterocycles. The van der Waals surface area contributed by atoms with Gasteiger partial charge in [0.2, 0.25) is 0 Å². The van der Waals surface area contributed by atoms with Crippen molar-refractivity contribution in [2.45, 2.75) is 19.3 Å². The van der Waals surface area contributed by atoms with E-state index in [0.29, 0.717) is 0 Å². The number of rotatable bonds is 1. The fourth-order valence-corrected chi connectivity index (χ4v) is 1.74. The van der Waals surface area contributed by atoms with Gasteiger partial charge in [0.05, 0.1) is 0 Å². The van der Waals surface area contributed by atoms with Gasteiger partial charge >= 0.3 is 0 Å². The average Bonchev–Trinajstić information content (AvgIpc) is 2.21. The third-order valence-corrected chi connectivity index (χ3v) is 2.42. The van der Waals surface area contributed by atoms with Crippen molar-refractivity contribution >= 4 is 5.69 Å². The second-order valence-corrected chi connectivity index (χ2v) is 3.31. The predicted octanol–water partition coefficient (Wildman–Crippen LogP) is 2.48. The van der Waals surface area contributed by atoms with Gasteiger partial charge in [0.15, 0.2) is 0 Å². The van der Waals surface area contributed by atoms with E-state index in [9.17, 15) is 0 Å². The molecule has 0 bridgehead atoms. The van der Waals surface area contributed by atoms with Crippen LogP contribution in [0.3, 0.4) is 0 Å². The molecule has 63 valence electrons. The van der Waals surface area contributed by atoms with Gasteiger partial charge in [-0.3, -0.25) is 0 Å². The Balaban J connectivity index is 2.08. The van der Waals surface area contributed by atoms with Crippen LogP contribution in [-0.4, -0.2) is 13.1 Å². The molecule has 0 saturated carbocycles. The van der Waals surface area contributed by atoms with E-state index >= 15 is 0 Å². The van der Waals surface area contributed by atoms with Crippen LogP contribution in [-0.2, 0) is 0 Å². The van der Waals surface area contributed by atoms with Crippen LogP contribution in [0.4, 0.5) is 5.69 Å². The lowest BCUT2D eigenvalue weighted by Gasteiger charge is -2.28. The maximum Gasteiger partial charge on any atom is 0.0366 e. The van der Waals surface area contributed by atoms with Crippen LogP contribution >= 0.6 is 0 Å². The average molecular weight is 160 g/mol. The van der Waals surface area contributed by atoms with Crippen molar-refractivity contribution in [2.75, 3.05) is 18.0 Å². The SMILES string of the molecule is [c]1ccc(N2CCCCC2)cc1. The summed E-state index contributed by atoms with van der Waals surface area (Å²) in [7, 11) is 0. The third-order valence-electron chi connectivity index (χ3n) is 2.42. The zero-order valence-electron chi connectivity index (χ0n) is 7.29. The van der Waals surface area contributed by atoms with E-state index in [1.165, 1.54) is 38.0 Å². The molecule has 2 rings (SSSR count). The molecular formula is C11H14N. The number of benzene rings is 1. The molecule has 1 aliphatic rings. The Morgan fingerprint density at radius 1 is 1.00 bits per heavy atom. The lowest BCUT2D eigenvalue weighted by molar-refractivity contribution is 0.578.